The quantitative estimate of drug-likeness (QED) is 0.0843. The zero-order chi connectivity index (χ0) is 34.7. The first kappa shape index (κ1) is 33.3. The molecule has 1 heterocycles. The molecule has 0 unspecified atom stereocenters. The van der Waals surface area contributed by atoms with Crippen molar-refractivity contribution in [3.8, 4) is 33.9 Å². The fourth-order valence-corrected chi connectivity index (χ4v) is 6.66. The summed E-state index contributed by atoms with van der Waals surface area (Å²) in [6.07, 6.45) is 7.66. The van der Waals surface area contributed by atoms with Crippen LogP contribution in [0.5, 0.6) is 11.5 Å². The average molecular weight is 674 g/mol. The lowest BCUT2D eigenvalue weighted by Crippen LogP contribution is -2.21. The zero-order valence-corrected chi connectivity index (χ0v) is 28.1. The number of anilines is 1. The minimum Gasteiger partial charge on any atom is -0.508 e. The Kier molecular flexibility index (Phi) is 9.40. The summed E-state index contributed by atoms with van der Waals surface area (Å²) in [5, 5.41) is 10.6. The number of methoxy groups -OCH3 is 1. The van der Waals surface area contributed by atoms with Crippen molar-refractivity contribution in [2.75, 3.05) is 25.1 Å². The van der Waals surface area contributed by atoms with Gasteiger partial charge in [0.1, 0.15) is 27.7 Å². The molecule has 0 saturated heterocycles. The first-order valence-electron chi connectivity index (χ1n) is 15.8. The fraction of sp³-hybridized carbons (Fsp3) is 0.125. The third-order valence-electron chi connectivity index (χ3n) is 8.44. The predicted molar refractivity (Wildman–Crippen MR) is 197 cm³/mol. The van der Waals surface area contributed by atoms with Crippen molar-refractivity contribution in [1.29, 1.82) is 0 Å². The number of phenols is 1. The van der Waals surface area contributed by atoms with Gasteiger partial charge in [-0.05, 0) is 73.0 Å². The molecule has 0 fully saturated rings. The van der Waals surface area contributed by atoms with Crippen LogP contribution in [0.1, 0.15) is 36.1 Å². The van der Waals surface area contributed by atoms with Gasteiger partial charge in [-0.25, -0.2) is 0 Å². The number of fused-ring (bicyclic) bond motifs is 2. The molecule has 6 rings (SSSR count). The summed E-state index contributed by atoms with van der Waals surface area (Å²) in [5.74, 6) is 0.965. The summed E-state index contributed by atoms with van der Waals surface area (Å²) in [7, 11) is -3.01. The van der Waals surface area contributed by atoms with E-state index in [1.165, 1.54) is 30.3 Å². The Balaban J connectivity index is 1.29. The lowest BCUT2D eigenvalue weighted by molar-refractivity contribution is 0.414. The minimum absolute atomic E-state index is 0.0553. The van der Waals surface area contributed by atoms with Crippen LogP contribution in [-0.2, 0) is 10.1 Å². The van der Waals surface area contributed by atoms with Crippen molar-refractivity contribution in [1.82, 2.24) is 0 Å². The topological polar surface area (TPSA) is 117 Å². The van der Waals surface area contributed by atoms with E-state index in [1.807, 2.05) is 42.5 Å². The standard InChI is InChI=1S/C40H35NO7S/c1-4-41(5-2)30-16-15-29(36(23-30)47-3)14-12-27-8-6-26(7-9-27)10-11-28-13-19-35(39(22-28)49(44,45)46)40-33-20-17-31(42)24-37(33)48-38-25-32(43)18-21-34(38)40/h6-25,42H,4-5H2,1-3H3,(H,44,45,46)/b11-10+,14-12+. The molecule has 1 aliphatic heterocycles. The highest BCUT2D eigenvalue weighted by atomic mass is 32.2. The molecule has 0 aromatic heterocycles. The molecule has 248 valence electrons. The number of nitrogens with zero attached hydrogens (tertiary/aromatic N) is 1. The Morgan fingerprint density at radius 2 is 1.41 bits per heavy atom. The van der Waals surface area contributed by atoms with E-state index in [1.54, 1.807) is 37.5 Å². The molecule has 2 aliphatic rings. The maximum absolute atomic E-state index is 12.8. The predicted octanol–water partition coefficient (Wildman–Crippen LogP) is 8.71. The van der Waals surface area contributed by atoms with Crippen molar-refractivity contribution < 1.29 is 27.2 Å². The van der Waals surface area contributed by atoms with E-state index in [0.29, 0.717) is 22.1 Å². The second kappa shape index (κ2) is 13.8. The van der Waals surface area contributed by atoms with Crippen LogP contribution in [0.2, 0.25) is 0 Å². The first-order valence-corrected chi connectivity index (χ1v) is 17.2. The number of hydrogen-bond acceptors (Lipinski definition) is 7. The Labute approximate surface area is 284 Å². The number of hydrogen-bond donors (Lipinski definition) is 2. The van der Waals surface area contributed by atoms with Crippen LogP contribution >= 0.6 is 0 Å². The molecule has 49 heavy (non-hydrogen) atoms. The number of phenolic OH excluding ortho intramolecular Hbond substituents is 1. The van der Waals surface area contributed by atoms with Crippen molar-refractivity contribution in [2.45, 2.75) is 18.7 Å². The van der Waals surface area contributed by atoms with E-state index in [4.69, 9.17) is 9.15 Å². The molecule has 9 heteroatoms. The molecular weight excluding hydrogens is 639 g/mol. The Hall–Kier alpha value is -5.64. The minimum atomic E-state index is -4.68. The molecule has 0 atom stereocenters. The smallest absolute Gasteiger partial charge is 0.295 e. The second-order valence-corrected chi connectivity index (χ2v) is 12.9. The fourth-order valence-electron chi connectivity index (χ4n) is 5.93. The highest BCUT2D eigenvalue weighted by Gasteiger charge is 2.24. The maximum Gasteiger partial charge on any atom is 0.295 e. The summed E-state index contributed by atoms with van der Waals surface area (Å²) in [5.41, 5.74) is 5.65. The summed E-state index contributed by atoms with van der Waals surface area (Å²) in [6, 6.07) is 27.5. The lowest BCUT2D eigenvalue weighted by Gasteiger charge is -2.22. The Morgan fingerprint density at radius 1 is 0.755 bits per heavy atom. The van der Waals surface area contributed by atoms with Gasteiger partial charge >= 0.3 is 0 Å². The molecule has 1 aliphatic carbocycles. The number of benzene rings is 5. The molecule has 2 N–H and O–H groups in total. The van der Waals surface area contributed by atoms with Gasteiger partial charge in [0.25, 0.3) is 10.1 Å². The molecule has 0 saturated carbocycles. The van der Waals surface area contributed by atoms with Gasteiger partial charge in [-0.15, -0.1) is 0 Å². The first-order chi connectivity index (χ1) is 23.6. The van der Waals surface area contributed by atoms with Gasteiger partial charge in [0.05, 0.1) is 7.11 Å². The van der Waals surface area contributed by atoms with Crippen LogP contribution in [0.25, 0.3) is 57.7 Å². The maximum atomic E-state index is 12.8. The van der Waals surface area contributed by atoms with E-state index < -0.39 is 10.1 Å². The molecule has 4 aromatic carbocycles. The Morgan fingerprint density at radius 3 is 2.08 bits per heavy atom. The van der Waals surface area contributed by atoms with Crippen molar-refractivity contribution >= 4 is 51.1 Å². The number of rotatable bonds is 10. The van der Waals surface area contributed by atoms with Gasteiger partial charge in [-0.3, -0.25) is 9.35 Å². The van der Waals surface area contributed by atoms with Crippen molar-refractivity contribution in [3.63, 3.8) is 0 Å². The molecule has 8 nitrogen and oxygen atoms in total. The van der Waals surface area contributed by atoms with Crippen molar-refractivity contribution in [2.24, 2.45) is 0 Å². The van der Waals surface area contributed by atoms with Crippen LogP contribution in [0.3, 0.4) is 0 Å². The molecule has 0 amide bonds. The normalized spacial score (nSPS) is 12.0. The molecule has 0 bridgehead atoms. The van der Waals surface area contributed by atoms with Gasteiger partial charge in [0, 0.05) is 64.6 Å². The van der Waals surface area contributed by atoms with Gasteiger partial charge in [-0.2, -0.15) is 8.42 Å². The molecule has 0 radical (unpaired) electrons. The summed E-state index contributed by atoms with van der Waals surface area (Å²) < 4.78 is 47.4. The van der Waals surface area contributed by atoms with Crippen LogP contribution < -0.4 is 15.1 Å². The van der Waals surface area contributed by atoms with Crippen LogP contribution in [0, 0.1) is 0 Å². The van der Waals surface area contributed by atoms with E-state index >= 15 is 0 Å². The number of ether oxygens (including phenoxy) is 1. The zero-order valence-electron chi connectivity index (χ0n) is 27.3. The monoisotopic (exact) mass is 673 g/mol. The molecule has 4 aromatic rings. The van der Waals surface area contributed by atoms with Gasteiger partial charge in [-0.1, -0.05) is 60.7 Å². The second-order valence-electron chi connectivity index (χ2n) is 11.5. The van der Waals surface area contributed by atoms with Crippen LogP contribution in [0.15, 0.2) is 111 Å². The van der Waals surface area contributed by atoms with Crippen LogP contribution in [-0.4, -0.2) is 38.3 Å². The van der Waals surface area contributed by atoms with E-state index in [-0.39, 0.29) is 33.0 Å². The highest BCUT2D eigenvalue weighted by molar-refractivity contribution is 7.86. The van der Waals surface area contributed by atoms with E-state index in [9.17, 15) is 22.9 Å². The van der Waals surface area contributed by atoms with Gasteiger partial charge in [0.2, 0.25) is 0 Å². The molecule has 0 spiro atoms. The highest BCUT2D eigenvalue weighted by Crippen LogP contribution is 2.43. The number of aromatic hydroxyl groups is 1. The summed E-state index contributed by atoms with van der Waals surface area (Å²) in [4.78, 5) is 14.1. The van der Waals surface area contributed by atoms with Gasteiger partial charge in [0.15, 0.2) is 5.43 Å². The van der Waals surface area contributed by atoms with Crippen molar-refractivity contribution in [3.05, 3.63) is 130 Å². The largest absolute Gasteiger partial charge is 0.508 e. The van der Waals surface area contributed by atoms with Crippen LogP contribution in [0.4, 0.5) is 5.69 Å². The average Bonchev–Trinajstić information content (AvgIpc) is 3.09. The summed E-state index contributed by atoms with van der Waals surface area (Å²) >= 11 is 0. The third kappa shape index (κ3) is 7.13. The lowest BCUT2D eigenvalue weighted by atomic mass is 9.93. The summed E-state index contributed by atoms with van der Waals surface area (Å²) in [6.45, 7) is 6.09. The van der Waals surface area contributed by atoms with Gasteiger partial charge < -0.3 is 19.2 Å². The SMILES string of the molecule is CCN(CC)c1ccc(/C=C/c2ccc(/C=C/c3ccc(-c4c5ccc(=O)cc-5oc5cc(O)ccc45)c(S(=O)(=O)O)c3)cc2)c(OC)c1. The van der Waals surface area contributed by atoms with E-state index in [2.05, 4.69) is 36.9 Å². The molecular formula is C40H35NO7S. The Bertz CT molecular complexity index is 2350. The van der Waals surface area contributed by atoms with E-state index in [0.717, 1.165) is 41.2 Å². The third-order valence-corrected chi connectivity index (χ3v) is 9.33.